The van der Waals surface area contributed by atoms with Crippen molar-refractivity contribution in [3.8, 4) is 28.5 Å². The summed E-state index contributed by atoms with van der Waals surface area (Å²) in [6, 6.07) is 17.7. The van der Waals surface area contributed by atoms with E-state index >= 15 is 0 Å². The van der Waals surface area contributed by atoms with Gasteiger partial charge in [-0.3, -0.25) is 9.59 Å². The van der Waals surface area contributed by atoms with E-state index < -0.39 is 0 Å². The molecule has 166 valence electrons. The average Bonchev–Trinajstić information content (AvgIpc) is 3.29. The van der Waals surface area contributed by atoms with Crippen molar-refractivity contribution in [2.24, 2.45) is 0 Å². The summed E-state index contributed by atoms with van der Waals surface area (Å²) in [6.45, 7) is 1.39. The molecule has 0 unspecified atom stereocenters. The van der Waals surface area contributed by atoms with E-state index in [0.717, 1.165) is 0 Å². The summed E-state index contributed by atoms with van der Waals surface area (Å²) in [6.07, 6.45) is 1.53. The van der Waals surface area contributed by atoms with Crippen molar-refractivity contribution in [1.29, 1.82) is 0 Å². The Morgan fingerprint density at radius 3 is 2.48 bits per heavy atom. The first-order valence-corrected chi connectivity index (χ1v) is 10.0. The molecule has 7 nitrogen and oxygen atoms in total. The van der Waals surface area contributed by atoms with Crippen LogP contribution in [0.1, 0.15) is 17.3 Å². The van der Waals surface area contributed by atoms with Crippen molar-refractivity contribution >= 4 is 23.2 Å². The second-order valence-electron chi connectivity index (χ2n) is 7.13. The molecule has 4 aromatic rings. The van der Waals surface area contributed by atoms with Gasteiger partial charge in [-0.25, -0.2) is 9.37 Å². The van der Waals surface area contributed by atoms with Crippen molar-refractivity contribution in [1.82, 2.24) is 4.98 Å². The Bertz CT molecular complexity index is 1320. The predicted octanol–water partition coefficient (Wildman–Crippen LogP) is 5.37. The molecule has 0 aliphatic carbocycles. The Hall–Kier alpha value is -4.46. The van der Waals surface area contributed by atoms with Crippen LogP contribution in [-0.4, -0.2) is 23.9 Å². The lowest BCUT2D eigenvalue weighted by Gasteiger charge is -2.12. The number of rotatable bonds is 6. The van der Waals surface area contributed by atoms with Gasteiger partial charge in [0, 0.05) is 23.7 Å². The number of methoxy groups -OCH3 is 1. The van der Waals surface area contributed by atoms with Crippen molar-refractivity contribution < 1.29 is 23.1 Å². The number of aromatic nitrogens is 1. The molecular weight excluding hydrogens is 425 g/mol. The Labute approximate surface area is 189 Å². The van der Waals surface area contributed by atoms with Crippen molar-refractivity contribution in [2.75, 3.05) is 17.7 Å². The lowest BCUT2D eigenvalue weighted by molar-refractivity contribution is -0.114. The quantitative estimate of drug-likeness (QED) is 0.416. The van der Waals surface area contributed by atoms with E-state index in [2.05, 4.69) is 15.6 Å². The van der Waals surface area contributed by atoms with Crippen molar-refractivity contribution in [2.45, 2.75) is 6.92 Å². The number of nitrogens with one attached hydrogen (secondary N) is 2. The largest absolute Gasteiger partial charge is 0.495 e. The topological polar surface area (TPSA) is 93.5 Å². The van der Waals surface area contributed by atoms with Crippen LogP contribution in [-0.2, 0) is 4.79 Å². The number of oxazole rings is 1. The fourth-order valence-electron chi connectivity index (χ4n) is 3.29. The van der Waals surface area contributed by atoms with Crippen LogP contribution in [0.2, 0.25) is 0 Å². The smallest absolute Gasteiger partial charge is 0.256 e. The number of carbonyl (C=O) groups excluding carboxylic acids is 2. The predicted molar refractivity (Wildman–Crippen MR) is 123 cm³/mol. The summed E-state index contributed by atoms with van der Waals surface area (Å²) in [5.41, 5.74) is 2.42. The molecular formula is C25H20FN3O4. The maximum atomic E-state index is 13.2. The van der Waals surface area contributed by atoms with Crippen LogP contribution < -0.4 is 15.4 Å². The van der Waals surface area contributed by atoms with E-state index in [9.17, 15) is 14.0 Å². The number of hydrogen-bond acceptors (Lipinski definition) is 5. The van der Waals surface area contributed by atoms with Gasteiger partial charge in [-0.2, -0.15) is 0 Å². The fourth-order valence-corrected chi connectivity index (χ4v) is 3.29. The lowest BCUT2D eigenvalue weighted by Crippen LogP contribution is -2.14. The molecule has 0 aliphatic heterocycles. The van der Waals surface area contributed by atoms with Gasteiger partial charge in [0.05, 0.1) is 24.6 Å². The van der Waals surface area contributed by atoms with Crippen molar-refractivity contribution in [3.05, 3.63) is 84.3 Å². The van der Waals surface area contributed by atoms with Gasteiger partial charge in [0.15, 0.2) is 5.76 Å². The molecule has 3 aromatic carbocycles. The lowest BCUT2D eigenvalue weighted by atomic mass is 10.1. The van der Waals surface area contributed by atoms with E-state index in [4.69, 9.17) is 9.15 Å². The normalized spacial score (nSPS) is 10.5. The SMILES string of the molecule is COc1ccc(NC(=O)c2ccccc2-c2ncc(-c3ccc(F)cc3)o2)cc1NC(C)=O. The second-order valence-corrected chi connectivity index (χ2v) is 7.13. The summed E-state index contributed by atoms with van der Waals surface area (Å²) in [5.74, 6) is 0.190. The number of anilines is 2. The molecule has 0 saturated carbocycles. The van der Waals surface area contributed by atoms with Gasteiger partial charge < -0.3 is 19.8 Å². The highest BCUT2D eigenvalue weighted by molar-refractivity contribution is 6.08. The van der Waals surface area contributed by atoms with Crippen LogP contribution in [0.25, 0.3) is 22.8 Å². The number of ether oxygens (including phenoxy) is 1. The first kappa shape index (κ1) is 21.8. The molecule has 0 spiro atoms. The zero-order valence-electron chi connectivity index (χ0n) is 17.9. The molecule has 8 heteroatoms. The summed E-state index contributed by atoms with van der Waals surface area (Å²) < 4.78 is 24.3. The number of carbonyl (C=O) groups is 2. The van der Waals surface area contributed by atoms with E-state index in [1.165, 1.54) is 32.4 Å². The number of amides is 2. The fraction of sp³-hybridized carbons (Fsp3) is 0.0800. The highest BCUT2D eigenvalue weighted by Crippen LogP contribution is 2.30. The Morgan fingerprint density at radius 1 is 1.00 bits per heavy atom. The third-order valence-electron chi connectivity index (χ3n) is 4.80. The summed E-state index contributed by atoms with van der Waals surface area (Å²) >= 11 is 0. The summed E-state index contributed by atoms with van der Waals surface area (Å²) in [7, 11) is 1.49. The average molecular weight is 445 g/mol. The molecule has 4 rings (SSSR count). The minimum absolute atomic E-state index is 0.258. The van der Waals surface area contributed by atoms with Gasteiger partial charge in [0.1, 0.15) is 11.6 Å². The molecule has 2 N–H and O–H groups in total. The molecule has 0 bridgehead atoms. The molecule has 0 fully saturated rings. The molecule has 1 heterocycles. The maximum Gasteiger partial charge on any atom is 0.256 e. The number of benzene rings is 3. The van der Waals surface area contributed by atoms with Gasteiger partial charge in [0.25, 0.3) is 5.91 Å². The number of nitrogens with zero attached hydrogens (tertiary/aromatic N) is 1. The van der Waals surface area contributed by atoms with Crippen LogP contribution in [0.15, 0.2) is 77.3 Å². The Morgan fingerprint density at radius 2 is 1.76 bits per heavy atom. The van der Waals surface area contributed by atoms with Crippen LogP contribution in [0.5, 0.6) is 5.75 Å². The van der Waals surface area contributed by atoms with Crippen molar-refractivity contribution in [3.63, 3.8) is 0 Å². The second kappa shape index (κ2) is 9.35. The maximum absolute atomic E-state index is 13.2. The third kappa shape index (κ3) is 4.90. The summed E-state index contributed by atoms with van der Waals surface area (Å²) in [5, 5.41) is 5.49. The molecule has 33 heavy (non-hydrogen) atoms. The van der Waals surface area contributed by atoms with E-state index in [0.29, 0.717) is 39.6 Å². The van der Waals surface area contributed by atoms with Gasteiger partial charge in [0.2, 0.25) is 11.8 Å². The first-order chi connectivity index (χ1) is 15.9. The number of hydrogen-bond donors (Lipinski definition) is 2. The first-order valence-electron chi connectivity index (χ1n) is 10.0. The van der Waals surface area contributed by atoms with E-state index in [-0.39, 0.29) is 23.5 Å². The minimum Gasteiger partial charge on any atom is -0.495 e. The molecule has 0 saturated heterocycles. The standard InChI is InChI=1S/C25H20FN3O4/c1-15(30)28-21-13-18(11-12-22(21)32-2)29-24(31)19-5-3-4-6-20(19)25-27-14-23(33-25)16-7-9-17(26)10-8-16/h3-14H,1-2H3,(H,28,30)(H,29,31). The molecule has 2 amide bonds. The van der Waals surface area contributed by atoms with E-state index in [1.54, 1.807) is 54.6 Å². The van der Waals surface area contributed by atoms with Gasteiger partial charge in [-0.1, -0.05) is 12.1 Å². The zero-order chi connectivity index (χ0) is 23.4. The van der Waals surface area contributed by atoms with Crippen LogP contribution >= 0.6 is 0 Å². The molecule has 0 radical (unpaired) electrons. The molecule has 0 atom stereocenters. The van der Waals surface area contributed by atoms with Gasteiger partial charge >= 0.3 is 0 Å². The Balaban J connectivity index is 1.61. The minimum atomic E-state index is -0.383. The van der Waals surface area contributed by atoms with Crippen LogP contribution in [0.4, 0.5) is 15.8 Å². The highest BCUT2D eigenvalue weighted by atomic mass is 19.1. The zero-order valence-corrected chi connectivity index (χ0v) is 17.9. The van der Waals surface area contributed by atoms with Crippen LogP contribution in [0, 0.1) is 5.82 Å². The van der Waals surface area contributed by atoms with Crippen LogP contribution in [0.3, 0.4) is 0 Å². The summed E-state index contributed by atoms with van der Waals surface area (Å²) in [4.78, 5) is 28.8. The highest BCUT2D eigenvalue weighted by Gasteiger charge is 2.18. The molecule has 0 aliphatic rings. The van der Waals surface area contributed by atoms with Gasteiger partial charge in [-0.05, 0) is 54.6 Å². The number of halogens is 1. The van der Waals surface area contributed by atoms with E-state index in [1.807, 2.05) is 0 Å². The van der Waals surface area contributed by atoms with Gasteiger partial charge in [-0.15, -0.1) is 0 Å². The molecule has 1 aromatic heterocycles. The Kier molecular flexibility index (Phi) is 6.17. The third-order valence-corrected chi connectivity index (χ3v) is 4.80. The monoisotopic (exact) mass is 445 g/mol.